The first-order chi connectivity index (χ1) is 12.4. The maximum absolute atomic E-state index is 7.04. The molecule has 3 rings (SSSR count). The van der Waals surface area contributed by atoms with Gasteiger partial charge >= 0.3 is 0 Å². The smallest absolute Gasteiger partial charge is 0.261 e. The molecule has 2 aromatic rings. The molecule has 0 radical (unpaired) electrons. The van der Waals surface area contributed by atoms with Crippen molar-refractivity contribution in [3.8, 4) is 0 Å². The molecule has 1 saturated carbocycles. The summed E-state index contributed by atoms with van der Waals surface area (Å²) in [6, 6.07) is 22.2. The monoisotopic (exact) mass is 367 g/mol. The molecule has 2 N–H and O–H groups in total. The predicted octanol–water partition coefficient (Wildman–Crippen LogP) is 4.08. The average Bonchev–Trinajstić information content (AvgIpc) is 2.64. The highest BCUT2D eigenvalue weighted by Gasteiger charge is 2.50. The van der Waals surface area contributed by atoms with Gasteiger partial charge in [0.15, 0.2) is 0 Å². The Morgan fingerprint density at radius 2 is 1.31 bits per heavy atom. The predicted molar refractivity (Wildman–Crippen MR) is 114 cm³/mol. The molecule has 0 bridgehead atoms. The summed E-state index contributed by atoms with van der Waals surface area (Å²) in [5, 5.41) is 2.79. The Hall–Kier alpha value is -1.42. The fourth-order valence-electron chi connectivity index (χ4n) is 4.36. The molecular weight excluding hydrogens is 334 g/mol. The Morgan fingerprint density at radius 1 is 0.846 bits per heavy atom. The van der Waals surface area contributed by atoms with Gasteiger partial charge in [-0.05, 0) is 47.0 Å². The maximum Gasteiger partial charge on any atom is 0.261 e. The highest BCUT2D eigenvalue weighted by Crippen LogP contribution is 2.37. The van der Waals surface area contributed by atoms with Crippen molar-refractivity contribution >= 4 is 18.7 Å². The van der Waals surface area contributed by atoms with Gasteiger partial charge in [-0.3, -0.25) is 0 Å². The minimum Gasteiger partial charge on any atom is -0.407 e. The molecule has 0 atom stereocenters. The molecule has 0 unspecified atom stereocenters. The minimum atomic E-state index is -2.38. The summed E-state index contributed by atoms with van der Waals surface area (Å²) in [6.45, 7) is 7.88. The van der Waals surface area contributed by atoms with E-state index in [9.17, 15) is 0 Å². The number of nitrogens with two attached hydrogens (primary N) is 1. The molecule has 1 aliphatic carbocycles. The van der Waals surface area contributed by atoms with Crippen molar-refractivity contribution in [3.05, 3.63) is 60.7 Å². The van der Waals surface area contributed by atoms with Crippen LogP contribution in [0, 0.1) is 5.92 Å². The summed E-state index contributed by atoms with van der Waals surface area (Å²) in [6.07, 6.45) is 4.66. The molecule has 0 amide bonds. The molecule has 1 fully saturated rings. The van der Waals surface area contributed by atoms with E-state index in [0.29, 0.717) is 12.0 Å². The van der Waals surface area contributed by atoms with Crippen molar-refractivity contribution in [2.75, 3.05) is 6.61 Å². The van der Waals surface area contributed by atoms with Gasteiger partial charge in [0.2, 0.25) is 0 Å². The first kappa shape index (κ1) is 19.3. The topological polar surface area (TPSA) is 35.2 Å². The van der Waals surface area contributed by atoms with Crippen LogP contribution in [0.2, 0.25) is 5.04 Å². The molecule has 26 heavy (non-hydrogen) atoms. The van der Waals surface area contributed by atoms with Gasteiger partial charge in [-0.2, -0.15) is 0 Å². The molecule has 2 nitrogen and oxygen atoms in total. The Morgan fingerprint density at radius 3 is 1.73 bits per heavy atom. The van der Waals surface area contributed by atoms with E-state index in [-0.39, 0.29) is 5.04 Å². The van der Waals surface area contributed by atoms with Gasteiger partial charge in [0.25, 0.3) is 8.32 Å². The molecule has 0 aliphatic heterocycles. The van der Waals surface area contributed by atoms with E-state index in [1.165, 1.54) is 23.2 Å². The molecule has 1 aliphatic rings. The third kappa shape index (κ3) is 3.95. The highest BCUT2D eigenvalue weighted by molar-refractivity contribution is 6.99. The van der Waals surface area contributed by atoms with Crippen LogP contribution in [-0.4, -0.2) is 21.0 Å². The second-order valence-electron chi connectivity index (χ2n) is 8.76. The van der Waals surface area contributed by atoms with Crippen LogP contribution in [0.5, 0.6) is 0 Å². The standard InChI is InChI=1S/C23H33NOSi/c1-23(2,3)26(21-10-6-4-7-11-21,22-12-8-5-9-13-22)25-18-19-14-16-20(24)17-15-19/h4-13,19-20H,14-18,24H2,1-3H3. The normalized spacial score (nSPS) is 21.5. The fourth-order valence-corrected chi connectivity index (χ4v) is 9.00. The lowest BCUT2D eigenvalue weighted by Crippen LogP contribution is -2.67. The van der Waals surface area contributed by atoms with Crippen LogP contribution in [0.25, 0.3) is 0 Å². The molecule has 0 aromatic heterocycles. The van der Waals surface area contributed by atoms with Gasteiger partial charge in [0.05, 0.1) is 0 Å². The zero-order chi connectivity index (χ0) is 18.6. The van der Waals surface area contributed by atoms with E-state index < -0.39 is 8.32 Å². The molecule has 0 heterocycles. The van der Waals surface area contributed by atoms with Gasteiger partial charge < -0.3 is 10.2 Å². The summed E-state index contributed by atoms with van der Waals surface area (Å²) >= 11 is 0. The summed E-state index contributed by atoms with van der Waals surface area (Å²) < 4.78 is 7.04. The Kier molecular flexibility index (Phi) is 6.01. The maximum atomic E-state index is 7.04. The van der Waals surface area contributed by atoms with Crippen molar-refractivity contribution in [2.24, 2.45) is 11.7 Å². The van der Waals surface area contributed by atoms with Crippen molar-refractivity contribution < 1.29 is 4.43 Å². The van der Waals surface area contributed by atoms with Crippen LogP contribution in [0.4, 0.5) is 0 Å². The quantitative estimate of drug-likeness (QED) is 0.808. The van der Waals surface area contributed by atoms with Crippen molar-refractivity contribution in [2.45, 2.75) is 57.5 Å². The summed E-state index contributed by atoms with van der Waals surface area (Å²) in [4.78, 5) is 0. The zero-order valence-electron chi connectivity index (χ0n) is 16.4. The Labute approximate surface area is 159 Å². The molecule has 3 heteroatoms. The zero-order valence-corrected chi connectivity index (χ0v) is 17.4. The summed E-state index contributed by atoms with van der Waals surface area (Å²) in [5.74, 6) is 0.636. The number of benzene rings is 2. The van der Waals surface area contributed by atoms with Crippen LogP contribution in [-0.2, 0) is 4.43 Å². The molecule has 2 aromatic carbocycles. The van der Waals surface area contributed by atoms with Crippen molar-refractivity contribution in [1.29, 1.82) is 0 Å². The van der Waals surface area contributed by atoms with E-state index in [0.717, 1.165) is 19.4 Å². The Balaban J connectivity index is 1.97. The molecule has 0 spiro atoms. The molecule has 140 valence electrons. The van der Waals surface area contributed by atoms with E-state index in [2.05, 4.69) is 81.4 Å². The Bertz CT molecular complexity index is 633. The lowest BCUT2D eigenvalue weighted by Gasteiger charge is -2.44. The third-order valence-corrected chi connectivity index (χ3v) is 10.8. The lowest BCUT2D eigenvalue weighted by atomic mass is 9.87. The van der Waals surface area contributed by atoms with Gasteiger partial charge in [0, 0.05) is 12.6 Å². The van der Waals surface area contributed by atoms with Crippen LogP contribution >= 0.6 is 0 Å². The van der Waals surface area contributed by atoms with Crippen molar-refractivity contribution in [1.82, 2.24) is 0 Å². The molecular formula is C23H33NOSi. The number of hydrogen-bond donors (Lipinski definition) is 1. The van der Waals surface area contributed by atoms with Crippen molar-refractivity contribution in [3.63, 3.8) is 0 Å². The van der Waals surface area contributed by atoms with Crippen LogP contribution in [0.3, 0.4) is 0 Å². The van der Waals surface area contributed by atoms with Crippen LogP contribution in [0.1, 0.15) is 46.5 Å². The first-order valence-electron chi connectivity index (χ1n) is 9.94. The minimum absolute atomic E-state index is 0.0563. The van der Waals surface area contributed by atoms with Crippen LogP contribution < -0.4 is 16.1 Å². The molecule has 0 saturated heterocycles. The second kappa shape index (κ2) is 8.08. The van der Waals surface area contributed by atoms with Gasteiger partial charge in [0.1, 0.15) is 0 Å². The number of rotatable bonds is 5. The van der Waals surface area contributed by atoms with E-state index in [1.807, 2.05) is 0 Å². The summed E-state index contributed by atoms with van der Waals surface area (Å²) in [5.41, 5.74) is 6.10. The fraction of sp³-hybridized carbons (Fsp3) is 0.478. The van der Waals surface area contributed by atoms with E-state index in [1.54, 1.807) is 0 Å². The summed E-state index contributed by atoms with van der Waals surface area (Å²) in [7, 11) is -2.38. The first-order valence-corrected chi connectivity index (χ1v) is 11.8. The third-order valence-electron chi connectivity index (χ3n) is 5.84. The SMILES string of the molecule is CC(C)(C)[Si](OCC1CCC(N)CC1)(c1ccccc1)c1ccccc1. The van der Waals surface area contributed by atoms with Crippen LogP contribution in [0.15, 0.2) is 60.7 Å². The van der Waals surface area contributed by atoms with E-state index in [4.69, 9.17) is 10.2 Å². The van der Waals surface area contributed by atoms with Gasteiger partial charge in [-0.1, -0.05) is 81.4 Å². The van der Waals surface area contributed by atoms with Gasteiger partial charge in [-0.15, -0.1) is 0 Å². The second-order valence-corrected chi connectivity index (χ2v) is 13.1. The van der Waals surface area contributed by atoms with E-state index >= 15 is 0 Å². The lowest BCUT2D eigenvalue weighted by molar-refractivity contribution is 0.191. The largest absolute Gasteiger partial charge is 0.407 e. The highest BCUT2D eigenvalue weighted by atomic mass is 28.4. The number of hydrogen-bond acceptors (Lipinski definition) is 2. The average molecular weight is 368 g/mol. The van der Waals surface area contributed by atoms with Gasteiger partial charge in [-0.25, -0.2) is 0 Å².